The van der Waals surface area contributed by atoms with Crippen molar-refractivity contribution in [2.24, 2.45) is 5.41 Å². The van der Waals surface area contributed by atoms with Crippen molar-refractivity contribution >= 4 is 17.5 Å². The Morgan fingerprint density at radius 2 is 2.11 bits per heavy atom. The van der Waals surface area contributed by atoms with Crippen molar-refractivity contribution in [2.45, 2.75) is 46.0 Å². The van der Waals surface area contributed by atoms with E-state index in [9.17, 15) is 4.79 Å². The van der Waals surface area contributed by atoms with Crippen molar-refractivity contribution in [1.82, 2.24) is 10.3 Å². The number of nitrogens with one attached hydrogen (secondary N) is 1. The average molecular weight is 281 g/mol. The predicted octanol–water partition coefficient (Wildman–Crippen LogP) is 3.74. The van der Waals surface area contributed by atoms with Crippen LogP contribution >= 0.6 is 11.6 Å². The lowest BCUT2D eigenvalue weighted by atomic mass is 9.76. The molecule has 1 fully saturated rings. The lowest BCUT2D eigenvalue weighted by Gasteiger charge is -2.33. The number of carbonyl (C=O) groups excluding carboxylic acids is 1. The minimum Gasteiger partial charge on any atom is -0.351 e. The predicted molar refractivity (Wildman–Crippen MR) is 77.5 cm³/mol. The van der Waals surface area contributed by atoms with Crippen LogP contribution in [0.15, 0.2) is 12.3 Å². The normalized spacial score (nSPS) is 18.1. The van der Waals surface area contributed by atoms with Gasteiger partial charge < -0.3 is 5.32 Å². The van der Waals surface area contributed by atoms with Crippen molar-refractivity contribution in [3.63, 3.8) is 0 Å². The SMILES string of the molecule is Cc1cc(Cl)c(C(=O)NCC2(C)CCCCC2)cn1. The van der Waals surface area contributed by atoms with Crippen LogP contribution in [0.1, 0.15) is 55.1 Å². The standard InChI is InChI=1S/C15H21ClN2O/c1-11-8-13(16)12(9-17-11)14(19)18-10-15(2)6-4-3-5-7-15/h8-9H,3-7,10H2,1-2H3,(H,18,19). The summed E-state index contributed by atoms with van der Waals surface area (Å²) in [5, 5.41) is 3.48. The third kappa shape index (κ3) is 3.69. The van der Waals surface area contributed by atoms with Crippen molar-refractivity contribution in [3.05, 3.63) is 28.5 Å². The van der Waals surface area contributed by atoms with Crippen LogP contribution in [0.2, 0.25) is 5.02 Å². The first-order chi connectivity index (χ1) is 9.00. The van der Waals surface area contributed by atoms with Crippen LogP contribution in [-0.2, 0) is 0 Å². The third-order valence-corrected chi connectivity index (χ3v) is 4.28. The Labute approximate surface area is 119 Å². The van der Waals surface area contributed by atoms with Crippen LogP contribution < -0.4 is 5.32 Å². The molecule has 1 aliphatic rings. The fraction of sp³-hybridized carbons (Fsp3) is 0.600. The lowest BCUT2D eigenvalue weighted by molar-refractivity contribution is 0.0919. The molecule has 19 heavy (non-hydrogen) atoms. The average Bonchev–Trinajstić information content (AvgIpc) is 2.37. The zero-order valence-corrected chi connectivity index (χ0v) is 12.4. The molecule has 1 saturated carbocycles. The molecule has 1 amide bonds. The summed E-state index contributed by atoms with van der Waals surface area (Å²) in [5.41, 5.74) is 1.52. The molecular formula is C15H21ClN2O. The van der Waals surface area contributed by atoms with E-state index >= 15 is 0 Å². The highest BCUT2D eigenvalue weighted by Crippen LogP contribution is 2.35. The number of pyridine rings is 1. The zero-order valence-electron chi connectivity index (χ0n) is 11.6. The van der Waals surface area contributed by atoms with E-state index in [0.29, 0.717) is 10.6 Å². The number of halogens is 1. The molecule has 0 radical (unpaired) electrons. The Balaban J connectivity index is 1.97. The summed E-state index contributed by atoms with van der Waals surface area (Å²) in [7, 11) is 0. The van der Waals surface area contributed by atoms with E-state index in [0.717, 1.165) is 12.2 Å². The molecule has 0 saturated heterocycles. The molecule has 0 bridgehead atoms. The highest BCUT2D eigenvalue weighted by molar-refractivity contribution is 6.33. The van der Waals surface area contributed by atoms with Gasteiger partial charge in [0.1, 0.15) is 0 Å². The number of hydrogen-bond donors (Lipinski definition) is 1. The monoisotopic (exact) mass is 280 g/mol. The number of aromatic nitrogens is 1. The summed E-state index contributed by atoms with van der Waals surface area (Å²) >= 11 is 6.08. The van der Waals surface area contributed by atoms with Crippen LogP contribution in [-0.4, -0.2) is 17.4 Å². The van der Waals surface area contributed by atoms with Gasteiger partial charge in [0.05, 0.1) is 10.6 Å². The number of carbonyl (C=O) groups is 1. The number of hydrogen-bond acceptors (Lipinski definition) is 2. The molecule has 2 rings (SSSR count). The van der Waals surface area contributed by atoms with Gasteiger partial charge in [0.15, 0.2) is 0 Å². The fourth-order valence-corrected chi connectivity index (χ4v) is 2.96. The maximum absolute atomic E-state index is 12.1. The van der Waals surface area contributed by atoms with E-state index in [4.69, 9.17) is 11.6 Å². The first-order valence-corrected chi connectivity index (χ1v) is 7.28. The molecule has 1 N–H and O–H groups in total. The molecule has 1 heterocycles. The summed E-state index contributed by atoms with van der Waals surface area (Å²) in [6.07, 6.45) is 7.77. The van der Waals surface area contributed by atoms with E-state index in [1.54, 1.807) is 12.3 Å². The van der Waals surface area contributed by atoms with Crippen LogP contribution in [0.5, 0.6) is 0 Å². The van der Waals surface area contributed by atoms with Crippen molar-refractivity contribution < 1.29 is 4.79 Å². The third-order valence-electron chi connectivity index (χ3n) is 3.97. The Hall–Kier alpha value is -1.09. The molecule has 1 aliphatic carbocycles. The molecule has 0 aliphatic heterocycles. The zero-order chi connectivity index (χ0) is 13.9. The van der Waals surface area contributed by atoms with E-state index in [-0.39, 0.29) is 11.3 Å². The quantitative estimate of drug-likeness (QED) is 0.916. The van der Waals surface area contributed by atoms with Gasteiger partial charge in [-0.15, -0.1) is 0 Å². The molecule has 1 aromatic heterocycles. The van der Waals surface area contributed by atoms with Gasteiger partial charge in [-0.2, -0.15) is 0 Å². The summed E-state index contributed by atoms with van der Waals surface area (Å²) < 4.78 is 0. The highest BCUT2D eigenvalue weighted by Gasteiger charge is 2.27. The number of rotatable bonds is 3. The molecule has 0 spiro atoms. The smallest absolute Gasteiger partial charge is 0.254 e. The van der Waals surface area contributed by atoms with Crippen LogP contribution in [0.4, 0.5) is 0 Å². The first-order valence-electron chi connectivity index (χ1n) is 6.91. The number of amides is 1. The first kappa shape index (κ1) is 14.3. The Kier molecular flexibility index (Phi) is 4.46. The van der Waals surface area contributed by atoms with Gasteiger partial charge in [-0.1, -0.05) is 37.8 Å². The fourth-order valence-electron chi connectivity index (χ4n) is 2.66. The second-order valence-corrected chi connectivity index (χ2v) is 6.27. The molecule has 104 valence electrons. The van der Waals surface area contributed by atoms with Crippen molar-refractivity contribution in [3.8, 4) is 0 Å². The Morgan fingerprint density at radius 3 is 2.74 bits per heavy atom. The van der Waals surface area contributed by atoms with Gasteiger partial charge in [-0.05, 0) is 31.2 Å². The van der Waals surface area contributed by atoms with Gasteiger partial charge in [-0.25, -0.2) is 0 Å². The molecule has 4 heteroatoms. The molecule has 1 aromatic rings. The van der Waals surface area contributed by atoms with Gasteiger partial charge in [0.2, 0.25) is 0 Å². The van der Waals surface area contributed by atoms with E-state index < -0.39 is 0 Å². The Bertz CT molecular complexity index is 467. The minimum atomic E-state index is -0.121. The lowest BCUT2D eigenvalue weighted by Crippen LogP contribution is -2.37. The van der Waals surface area contributed by atoms with Crippen molar-refractivity contribution in [1.29, 1.82) is 0 Å². The van der Waals surface area contributed by atoms with Gasteiger partial charge in [0, 0.05) is 18.4 Å². The van der Waals surface area contributed by atoms with E-state index in [2.05, 4.69) is 17.2 Å². The Morgan fingerprint density at radius 1 is 1.42 bits per heavy atom. The molecule has 0 atom stereocenters. The van der Waals surface area contributed by atoms with E-state index in [1.807, 2.05) is 6.92 Å². The maximum Gasteiger partial charge on any atom is 0.254 e. The van der Waals surface area contributed by atoms with Crippen molar-refractivity contribution in [2.75, 3.05) is 6.54 Å². The molecular weight excluding hydrogens is 260 g/mol. The van der Waals surface area contributed by atoms with Crippen LogP contribution in [0, 0.1) is 12.3 Å². The van der Waals surface area contributed by atoms with E-state index in [1.165, 1.54) is 32.1 Å². The second-order valence-electron chi connectivity index (χ2n) is 5.86. The molecule has 3 nitrogen and oxygen atoms in total. The van der Waals surface area contributed by atoms with Crippen LogP contribution in [0.25, 0.3) is 0 Å². The second kappa shape index (κ2) is 5.91. The summed E-state index contributed by atoms with van der Waals surface area (Å²) in [6, 6.07) is 1.72. The summed E-state index contributed by atoms with van der Waals surface area (Å²) in [4.78, 5) is 16.3. The molecule has 0 aromatic carbocycles. The highest BCUT2D eigenvalue weighted by atomic mass is 35.5. The van der Waals surface area contributed by atoms with Crippen LogP contribution in [0.3, 0.4) is 0 Å². The largest absolute Gasteiger partial charge is 0.351 e. The van der Waals surface area contributed by atoms with Gasteiger partial charge in [-0.3, -0.25) is 9.78 Å². The minimum absolute atomic E-state index is 0.121. The number of nitrogens with zero attached hydrogens (tertiary/aromatic N) is 1. The van der Waals surface area contributed by atoms with Gasteiger partial charge in [0.25, 0.3) is 5.91 Å². The summed E-state index contributed by atoms with van der Waals surface area (Å²) in [5.74, 6) is -0.121. The summed E-state index contributed by atoms with van der Waals surface area (Å²) in [6.45, 7) is 4.83. The topological polar surface area (TPSA) is 42.0 Å². The maximum atomic E-state index is 12.1. The van der Waals surface area contributed by atoms with Gasteiger partial charge >= 0.3 is 0 Å². The molecule has 0 unspecified atom stereocenters. The number of aryl methyl sites for hydroxylation is 1.